The number of carbonyl (C=O) groups excluding carboxylic acids is 1. The van der Waals surface area contributed by atoms with Crippen molar-refractivity contribution in [1.29, 1.82) is 0 Å². The predicted octanol–water partition coefficient (Wildman–Crippen LogP) is 3.65. The smallest absolute Gasteiger partial charge is 0.365 e. The van der Waals surface area contributed by atoms with E-state index in [-0.39, 0.29) is 11.4 Å². The van der Waals surface area contributed by atoms with Crippen LogP contribution in [0.15, 0.2) is 71.9 Å². The Bertz CT molecular complexity index is 899. The number of hydrogen-bond acceptors (Lipinski definition) is 3. The fourth-order valence-corrected chi connectivity index (χ4v) is 2.41. The SMILES string of the molecule is N/C(Cc1cccc2ccccc12)=N/OC(=O)c1ccc(F)cc1. The second-order valence-corrected chi connectivity index (χ2v) is 5.28. The molecule has 120 valence electrons. The van der Waals surface area contributed by atoms with Crippen LogP contribution in [0.1, 0.15) is 15.9 Å². The molecule has 0 bridgehead atoms. The Morgan fingerprint density at radius 1 is 1.00 bits per heavy atom. The topological polar surface area (TPSA) is 64.7 Å². The number of benzene rings is 3. The number of fused-ring (bicyclic) bond motifs is 1. The molecule has 5 heteroatoms. The van der Waals surface area contributed by atoms with Gasteiger partial charge in [0.05, 0.1) is 5.56 Å². The van der Waals surface area contributed by atoms with Gasteiger partial charge in [0, 0.05) is 6.42 Å². The highest BCUT2D eigenvalue weighted by Gasteiger charge is 2.08. The average molecular weight is 322 g/mol. The van der Waals surface area contributed by atoms with Crippen LogP contribution in [0.25, 0.3) is 10.8 Å². The Morgan fingerprint density at radius 3 is 2.50 bits per heavy atom. The zero-order valence-electron chi connectivity index (χ0n) is 12.8. The van der Waals surface area contributed by atoms with Crippen LogP contribution in [-0.2, 0) is 11.3 Å². The van der Waals surface area contributed by atoms with Crippen molar-refractivity contribution < 1.29 is 14.0 Å². The molecule has 3 rings (SSSR count). The average Bonchev–Trinajstić information content (AvgIpc) is 2.61. The number of nitrogens with two attached hydrogens (primary N) is 1. The van der Waals surface area contributed by atoms with Gasteiger partial charge < -0.3 is 10.6 Å². The largest absolute Gasteiger partial charge is 0.384 e. The standard InChI is InChI=1S/C19H15FN2O2/c20-16-10-8-14(9-11-16)19(23)24-22-18(21)12-15-6-3-5-13-4-1-2-7-17(13)15/h1-11H,12H2,(H2,21,22). The molecular formula is C19H15FN2O2. The van der Waals surface area contributed by atoms with Crippen molar-refractivity contribution in [2.24, 2.45) is 10.9 Å². The highest BCUT2D eigenvalue weighted by Crippen LogP contribution is 2.18. The molecule has 0 saturated heterocycles. The van der Waals surface area contributed by atoms with Crippen LogP contribution in [0.5, 0.6) is 0 Å². The normalized spacial score (nSPS) is 11.5. The molecule has 0 aliphatic rings. The zero-order chi connectivity index (χ0) is 16.9. The molecule has 2 N–H and O–H groups in total. The first kappa shape index (κ1) is 15.7. The van der Waals surface area contributed by atoms with E-state index in [0.717, 1.165) is 16.3 Å². The van der Waals surface area contributed by atoms with Crippen LogP contribution >= 0.6 is 0 Å². The Kier molecular flexibility index (Phi) is 4.52. The van der Waals surface area contributed by atoms with Crippen molar-refractivity contribution in [3.63, 3.8) is 0 Å². The third kappa shape index (κ3) is 3.57. The summed E-state index contributed by atoms with van der Waals surface area (Å²) in [5.74, 6) is -0.928. The van der Waals surface area contributed by atoms with E-state index in [9.17, 15) is 9.18 Å². The first-order valence-electron chi connectivity index (χ1n) is 7.39. The molecule has 0 unspecified atom stereocenters. The Balaban J connectivity index is 1.72. The van der Waals surface area contributed by atoms with Crippen molar-refractivity contribution in [3.8, 4) is 0 Å². The molecule has 0 spiro atoms. The molecule has 0 aliphatic carbocycles. The molecule has 3 aromatic carbocycles. The third-order valence-electron chi connectivity index (χ3n) is 3.58. The van der Waals surface area contributed by atoms with Crippen molar-refractivity contribution in [2.45, 2.75) is 6.42 Å². The van der Waals surface area contributed by atoms with Crippen molar-refractivity contribution >= 4 is 22.6 Å². The fraction of sp³-hybridized carbons (Fsp3) is 0.0526. The van der Waals surface area contributed by atoms with Gasteiger partial charge in [-0.3, -0.25) is 0 Å². The van der Waals surface area contributed by atoms with Gasteiger partial charge in [-0.2, -0.15) is 0 Å². The van der Waals surface area contributed by atoms with Gasteiger partial charge in [-0.1, -0.05) is 47.6 Å². The molecular weight excluding hydrogens is 307 g/mol. The van der Waals surface area contributed by atoms with Gasteiger partial charge >= 0.3 is 5.97 Å². The fourth-order valence-electron chi connectivity index (χ4n) is 2.41. The van der Waals surface area contributed by atoms with E-state index in [1.54, 1.807) is 0 Å². The number of carbonyl (C=O) groups is 1. The summed E-state index contributed by atoms with van der Waals surface area (Å²) in [5, 5.41) is 5.85. The summed E-state index contributed by atoms with van der Waals surface area (Å²) >= 11 is 0. The van der Waals surface area contributed by atoms with Crippen molar-refractivity contribution in [3.05, 3.63) is 83.7 Å². The van der Waals surface area contributed by atoms with E-state index >= 15 is 0 Å². The minimum atomic E-state index is -0.684. The van der Waals surface area contributed by atoms with Crippen LogP contribution in [-0.4, -0.2) is 11.8 Å². The molecule has 0 amide bonds. The van der Waals surface area contributed by atoms with Crippen LogP contribution < -0.4 is 5.73 Å². The maximum Gasteiger partial charge on any atom is 0.365 e. The Hall–Kier alpha value is -3.21. The van der Waals surface area contributed by atoms with Crippen molar-refractivity contribution in [2.75, 3.05) is 0 Å². The summed E-state index contributed by atoms with van der Waals surface area (Å²) in [6, 6.07) is 18.9. The van der Waals surface area contributed by atoms with E-state index in [2.05, 4.69) is 5.16 Å². The van der Waals surface area contributed by atoms with Crippen LogP contribution in [0.3, 0.4) is 0 Å². The molecule has 0 aromatic heterocycles. The van der Waals surface area contributed by atoms with Gasteiger partial charge in [0.25, 0.3) is 0 Å². The molecule has 0 heterocycles. The summed E-state index contributed by atoms with van der Waals surface area (Å²) in [5.41, 5.74) is 7.06. The first-order chi connectivity index (χ1) is 11.6. The second kappa shape index (κ2) is 6.91. The molecule has 0 aliphatic heterocycles. The van der Waals surface area contributed by atoms with E-state index in [4.69, 9.17) is 10.6 Å². The molecule has 0 radical (unpaired) electrons. The van der Waals surface area contributed by atoms with Gasteiger partial charge in [-0.05, 0) is 40.6 Å². The second-order valence-electron chi connectivity index (χ2n) is 5.28. The van der Waals surface area contributed by atoms with Gasteiger partial charge in [0.2, 0.25) is 0 Å². The molecule has 0 atom stereocenters. The van der Waals surface area contributed by atoms with E-state index in [0.29, 0.717) is 6.42 Å². The minimum Gasteiger partial charge on any atom is -0.384 e. The lowest BCUT2D eigenvalue weighted by atomic mass is 10.0. The molecule has 0 saturated carbocycles. The van der Waals surface area contributed by atoms with E-state index < -0.39 is 11.8 Å². The molecule has 3 aromatic rings. The van der Waals surface area contributed by atoms with Gasteiger partial charge in [0.15, 0.2) is 0 Å². The van der Waals surface area contributed by atoms with Crippen LogP contribution in [0.4, 0.5) is 4.39 Å². The highest BCUT2D eigenvalue weighted by atomic mass is 19.1. The van der Waals surface area contributed by atoms with E-state index in [1.807, 2.05) is 42.5 Å². The maximum absolute atomic E-state index is 12.8. The lowest BCUT2D eigenvalue weighted by Crippen LogP contribution is -2.17. The number of rotatable bonds is 4. The van der Waals surface area contributed by atoms with Gasteiger partial charge in [-0.15, -0.1) is 0 Å². The monoisotopic (exact) mass is 322 g/mol. The number of oxime groups is 1. The Labute approximate surface area is 138 Å². The summed E-state index contributed by atoms with van der Waals surface area (Å²) in [7, 11) is 0. The minimum absolute atomic E-state index is 0.182. The molecule has 4 nitrogen and oxygen atoms in total. The predicted molar refractivity (Wildman–Crippen MR) is 91.1 cm³/mol. The number of hydrogen-bond donors (Lipinski definition) is 1. The summed E-state index contributed by atoms with van der Waals surface area (Å²) in [6.07, 6.45) is 0.359. The number of halogens is 1. The summed E-state index contributed by atoms with van der Waals surface area (Å²) < 4.78 is 12.8. The maximum atomic E-state index is 12.8. The summed E-state index contributed by atoms with van der Waals surface area (Å²) in [4.78, 5) is 16.6. The number of amidine groups is 1. The molecule has 24 heavy (non-hydrogen) atoms. The van der Waals surface area contributed by atoms with Crippen LogP contribution in [0.2, 0.25) is 0 Å². The van der Waals surface area contributed by atoms with Gasteiger partial charge in [0.1, 0.15) is 11.7 Å². The first-order valence-corrected chi connectivity index (χ1v) is 7.39. The highest BCUT2D eigenvalue weighted by molar-refractivity contribution is 5.93. The summed E-state index contributed by atoms with van der Waals surface area (Å²) in [6.45, 7) is 0. The van der Waals surface area contributed by atoms with Crippen molar-refractivity contribution in [1.82, 2.24) is 0 Å². The third-order valence-corrected chi connectivity index (χ3v) is 3.58. The quantitative estimate of drug-likeness (QED) is 0.345. The Morgan fingerprint density at radius 2 is 1.71 bits per heavy atom. The lowest BCUT2D eigenvalue weighted by Gasteiger charge is -2.06. The van der Waals surface area contributed by atoms with Gasteiger partial charge in [-0.25, -0.2) is 9.18 Å². The van der Waals surface area contributed by atoms with E-state index in [1.165, 1.54) is 24.3 Å². The number of nitrogens with zero attached hydrogens (tertiary/aromatic N) is 1. The molecule has 0 fully saturated rings. The lowest BCUT2D eigenvalue weighted by molar-refractivity contribution is 0.0515. The van der Waals surface area contributed by atoms with Crippen LogP contribution in [0, 0.1) is 5.82 Å². The zero-order valence-corrected chi connectivity index (χ0v) is 12.8.